The minimum absolute atomic E-state index is 0.112. The molecular formula is C22H28N2O2. The Morgan fingerprint density at radius 3 is 2.38 bits per heavy atom. The van der Waals surface area contributed by atoms with Gasteiger partial charge in [-0.2, -0.15) is 0 Å². The molecule has 1 aliphatic heterocycles. The Kier molecular flexibility index (Phi) is 5.62. The van der Waals surface area contributed by atoms with E-state index < -0.39 is 5.60 Å². The molecule has 1 amide bonds. The number of carbonyl (C=O) groups excluding carboxylic acids is 1. The molecule has 26 heavy (non-hydrogen) atoms. The van der Waals surface area contributed by atoms with Crippen molar-refractivity contribution >= 4 is 6.09 Å². The Morgan fingerprint density at radius 2 is 1.73 bits per heavy atom. The molecule has 0 aliphatic carbocycles. The fourth-order valence-corrected chi connectivity index (χ4v) is 3.24. The maximum Gasteiger partial charge on any atom is 0.410 e. The van der Waals surface area contributed by atoms with Crippen molar-refractivity contribution in [2.24, 2.45) is 0 Å². The van der Waals surface area contributed by atoms with Crippen LogP contribution in [-0.2, 0) is 11.2 Å². The van der Waals surface area contributed by atoms with Crippen molar-refractivity contribution < 1.29 is 9.53 Å². The van der Waals surface area contributed by atoms with E-state index in [-0.39, 0.29) is 12.1 Å². The summed E-state index contributed by atoms with van der Waals surface area (Å²) >= 11 is 0. The highest BCUT2D eigenvalue weighted by Crippen LogP contribution is 2.21. The molecule has 1 fully saturated rings. The van der Waals surface area contributed by atoms with Crippen LogP contribution in [0.25, 0.3) is 11.1 Å². The van der Waals surface area contributed by atoms with E-state index in [9.17, 15) is 4.79 Å². The molecule has 4 nitrogen and oxygen atoms in total. The molecule has 0 radical (unpaired) electrons. The third-order valence-corrected chi connectivity index (χ3v) is 4.51. The van der Waals surface area contributed by atoms with Gasteiger partial charge in [0, 0.05) is 19.6 Å². The summed E-state index contributed by atoms with van der Waals surface area (Å²) < 4.78 is 5.58. The molecular weight excluding hydrogens is 324 g/mol. The normalized spacial score (nSPS) is 17.8. The van der Waals surface area contributed by atoms with Crippen LogP contribution in [0.1, 0.15) is 26.3 Å². The number of piperazine rings is 1. The van der Waals surface area contributed by atoms with E-state index in [2.05, 4.69) is 53.8 Å². The average molecular weight is 352 g/mol. The average Bonchev–Trinajstić information content (AvgIpc) is 2.62. The van der Waals surface area contributed by atoms with Crippen molar-refractivity contribution in [1.29, 1.82) is 0 Å². The highest BCUT2D eigenvalue weighted by atomic mass is 16.6. The predicted octanol–water partition coefficient (Wildman–Crippen LogP) is 4.11. The third-order valence-electron chi connectivity index (χ3n) is 4.51. The number of hydrogen-bond donors (Lipinski definition) is 1. The fraction of sp³-hybridized carbons (Fsp3) is 0.409. The molecule has 3 rings (SSSR count). The lowest BCUT2D eigenvalue weighted by molar-refractivity contribution is 0.0122. The summed E-state index contributed by atoms with van der Waals surface area (Å²) in [5.41, 5.74) is 3.19. The summed E-state index contributed by atoms with van der Waals surface area (Å²) in [6.07, 6.45) is 0.603. The van der Waals surface area contributed by atoms with Crippen LogP contribution in [0.5, 0.6) is 0 Å². The molecule has 2 aromatic carbocycles. The van der Waals surface area contributed by atoms with Gasteiger partial charge in [0.15, 0.2) is 0 Å². The fourth-order valence-electron chi connectivity index (χ4n) is 3.24. The zero-order chi connectivity index (χ0) is 18.6. The molecule has 1 atom stereocenters. The molecule has 0 saturated carbocycles. The van der Waals surface area contributed by atoms with Gasteiger partial charge in [-0.05, 0) is 43.9 Å². The third kappa shape index (κ3) is 4.85. The molecule has 0 spiro atoms. The summed E-state index contributed by atoms with van der Waals surface area (Å²) in [6.45, 7) is 8.00. The van der Waals surface area contributed by atoms with Crippen molar-refractivity contribution in [3.05, 3.63) is 60.2 Å². The number of ether oxygens (including phenoxy) is 1. The first-order chi connectivity index (χ1) is 12.4. The van der Waals surface area contributed by atoms with Crippen LogP contribution < -0.4 is 5.32 Å². The smallest absolute Gasteiger partial charge is 0.410 e. The summed E-state index contributed by atoms with van der Waals surface area (Å²) in [7, 11) is 0. The predicted molar refractivity (Wildman–Crippen MR) is 105 cm³/mol. The number of amides is 1. The van der Waals surface area contributed by atoms with E-state index in [1.807, 2.05) is 31.7 Å². The van der Waals surface area contributed by atoms with Crippen LogP contribution in [0.4, 0.5) is 4.79 Å². The SMILES string of the molecule is CC(C)(C)OC(=O)N1CCNC[C@H]1Cc1ccc(-c2ccccc2)cc1. The number of nitrogens with zero attached hydrogens (tertiary/aromatic N) is 1. The number of rotatable bonds is 3. The monoisotopic (exact) mass is 352 g/mol. The first-order valence-electron chi connectivity index (χ1n) is 9.27. The van der Waals surface area contributed by atoms with Gasteiger partial charge >= 0.3 is 6.09 Å². The lowest BCUT2D eigenvalue weighted by atomic mass is 9.99. The first kappa shape index (κ1) is 18.5. The molecule has 2 aromatic rings. The molecule has 1 heterocycles. The zero-order valence-electron chi connectivity index (χ0n) is 15.9. The highest BCUT2D eigenvalue weighted by molar-refractivity contribution is 5.69. The maximum atomic E-state index is 12.5. The quantitative estimate of drug-likeness (QED) is 0.904. The van der Waals surface area contributed by atoms with Gasteiger partial charge in [0.25, 0.3) is 0 Å². The Labute approximate surface area is 156 Å². The molecule has 0 bridgehead atoms. The van der Waals surface area contributed by atoms with Crippen molar-refractivity contribution in [3.63, 3.8) is 0 Å². The van der Waals surface area contributed by atoms with Crippen LogP contribution in [-0.4, -0.2) is 42.3 Å². The van der Waals surface area contributed by atoms with Gasteiger partial charge in [0.2, 0.25) is 0 Å². The second-order valence-electron chi connectivity index (χ2n) is 7.80. The minimum Gasteiger partial charge on any atom is -0.444 e. The Hall–Kier alpha value is -2.33. The van der Waals surface area contributed by atoms with Crippen molar-refractivity contribution in [2.75, 3.05) is 19.6 Å². The second kappa shape index (κ2) is 7.92. The first-order valence-corrected chi connectivity index (χ1v) is 9.27. The van der Waals surface area contributed by atoms with Gasteiger partial charge in [-0.1, -0.05) is 54.6 Å². The van der Waals surface area contributed by atoms with Crippen LogP contribution in [0.3, 0.4) is 0 Å². The summed E-state index contributed by atoms with van der Waals surface area (Å²) in [4.78, 5) is 14.4. The molecule has 1 N–H and O–H groups in total. The zero-order valence-corrected chi connectivity index (χ0v) is 15.9. The van der Waals surface area contributed by atoms with Crippen LogP contribution >= 0.6 is 0 Å². The summed E-state index contributed by atoms with van der Waals surface area (Å²) in [6, 6.07) is 19.1. The topological polar surface area (TPSA) is 41.6 Å². The van der Waals surface area contributed by atoms with Crippen LogP contribution in [0, 0.1) is 0 Å². The lowest BCUT2D eigenvalue weighted by Gasteiger charge is -2.37. The van der Waals surface area contributed by atoms with Crippen LogP contribution in [0.2, 0.25) is 0 Å². The van der Waals surface area contributed by atoms with E-state index >= 15 is 0 Å². The number of carbonyl (C=O) groups is 1. The largest absolute Gasteiger partial charge is 0.444 e. The molecule has 0 unspecified atom stereocenters. The van der Waals surface area contributed by atoms with E-state index in [0.717, 1.165) is 19.5 Å². The number of nitrogens with one attached hydrogen (secondary N) is 1. The van der Waals surface area contributed by atoms with Crippen molar-refractivity contribution in [3.8, 4) is 11.1 Å². The van der Waals surface area contributed by atoms with E-state index in [1.54, 1.807) is 0 Å². The van der Waals surface area contributed by atoms with E-state index in [0.29, 0.717) is 6.54 Å². The second-order valence-corrected chi connectivity index (χ2v) is 7.80. The van der Waals surface area contributed by atoms with E-state index in [4.69, 9.17) is 4.74 Å². The minimum atomic E-state index is -0.468. The van der Waals surface area contributed by atoms with Gasteiger partial charge in [-0.15, -0.1) is 0 Å². The molecule has 0 aromatic heterocycles. The number of benzene rings is 2. The Morgan fingerprint density at radius 1 is 1.08 bits per heavy atom. The molecule has 4 heteroatoms. The Balaban J connectivity index is 1.69. The molecule has 1 aliphatic rings. The van der Waals surface area contributed by atoms with E-state index in [1.165, 1.54) is 16.7 Å². The lowest BCUT2D eigenvalue weighted by Crippen LogP contribution is -2.55. The highest BCUT2D eigenvalue weighted by Gasteiger charge is 2.30. The van der Waals surface area contributed by atoms with Gasteiger partial charge in [0.1, 0.15) is 5.60 Å². The van der Waals surface area contributed by atoms with Gasteiger partial charge in [0.05, 0.1) is 6.04 Å². The van der Waals surface area contributed by atoms with Crippen molar-refractivity contribution in [2.45, 2.75) is 38.8 Å². The van der Waals surface area contributed by atoms with Gasteiger partial charge in [-0.25, -0.2) is 4.79 Å². The van der Waals surface area contributed by atoms with Crippen LogP contribution in [0.15, 0.2) is 54.6 Å². The summed E-state index contributed by atoms with van der Waals surface area (Å²) in [5, 5.41) is 3.39. The van der Waals surface area contributed by atoms with Crippen molar-refractivity contribution in [1.82, 2.24) is 10.2 Å². The van der Waals surface area contributed by atoms with Gasteiger partial charge in [-0.3, -0.25) is 0 Å². The number of hydrogen-bond acceptors (Lipinski definition) is 3. The van der Waals surface area contributed by atoms with Gasteiger partial charge < -0.3 is 15.0 Å². The molecule has 1 saturated heterocycles. The standard InChI is InChI=1S/C22H28N2O2/c1-22(2,3)26-21(25)24-14-13-23-16-20(24)15-17-9-11-19(12-10-17)18-7-5-4-6-8-18/h4-12,20,23H,13-16H2,1-3H3/t20-/m1/s1. The summed E-state index contributed by atoms with van der Waals surface area (Å²) in [5.74, 6) is 0. The maximum absolute atomic E-state index is 12.5. The Bertz CT molecular complexity index is 720. The molecule has 138 valence electrons.